The van der Waals surface area contributed by atoms with E-state index in [1.165, 1.54) is 13.2 Å². The van der Waals surface area contributed by atoms with Crippen molar-refractivity contribution >= 4 is 18.0 Å². The van der Waals surface area contributed by atoms with E-state index >= 15 is 0 Å². The highest BCUT2D eigenvalue weighted by Gasteiger charge is 2.32. The number of benzene rings is 1. The van der Waals surface area contributed by atoms with Crippen molar-refractivity contribution in [3.05, 3.63) is 29.3 Å². The molecule has 1 heterocycles. The Hall–Kier alpha value is -2.50. The Bertz CT molecular complexity index is 694. The summed E-state index contributed by atoms with van der Waals surface area (Å²) in [5.41, 5.74) is -0.310. The minimum absolute atomic E-state index is 0.189. The van der Waals surface area contributed by atoms with E-state index in [2.05, 4.69) is 4.74 Å². The van der Waals surface area contributed by atoms with Gasteiger partial charge in [-0.1, -0.05) is 6.07 Å². The molecule has 0 spiro atoms. The first kappa shape index (κ1) is 17.8. The summed E-state index contributed by atoms with van der Waals surface area (Å²) in [5, 5.41) is 0. The molecular weight excluding hydrogens is 312 g/mol. The van der Waals surface area contributed by atoms with Crippen LogP contribution in [0.1, 0.15) is 40.2 Å². The summed E-state index contributed by atoms with van der Waals surface area (Å²) in [7, 11) is 1.21. The number of hydrogen-bond acceptors (Lipinski definition) is 6. The van der Waals surface area contributed by atoms with E-state index in [0.717, 1.165) is 0 Å². The zero-order valence-corrected chi connectivity index (χ0v) is 14.8. The maximum Gasteiger partial charge on any atom is 0.346 e. The first-order valence-electron chi connectivity index (χ1n) is 7.56. The van der Waals surface area contributed by atoms with Crippen LogP contribution in [0, 0.1) is 0 Å². The molecule has 0 bridgehead atoms. The van der Waals surface area contributed by atoms with Crippen LogP contribution in [0.4, 0.5) is 0 Å². The van der Waals surface area contributed by atoms with Gasteiger partial charge in [-0.3, -0.25) is 0 Å². The molecule has 6 nitrogen and oxygen atoms in total. The fraction of sp³-hybridized carbons (Fsp3) is 0.444. The normalized spacial score (nSPS) is 15.8. The highest BCUT2D eigenvalue weighted by molar-refractivity contribution is 6.17. The fourth-order valence-electron chi connectivity index (χ4n) is 2.14. The maximum atomic E-state index is 12.3. The second-order valence-electron chi connectivity index (χ2n) is 6.86. The molecule has 2 rings (SSSR count). The van der Waals surface area contributed by atoms with Crippen LogP contribution in [0.25, 0.3) is 6.08 Å². The zero-order chi connectivity index (χ0) is 18.1. The molecule has 24 heavy (non-hydrogen) atoms. The number of ether oxygens (including phenoxy) is 4. The number of carbonyl (C=O) groups is 2. The number of hydrogen-bond donors (Lipinski definition) is 0. The van der Waals surface area contributed by atoms with Gasteiger partial charge in [0, 0.05) is 13.8 Å². The summed E-state index contributed by atoms with van der Waals surface area (Å²) in [4.78, 5) is 24.2. The van der Waals surface area contributed by atoms with E-state index in [9.17, 15) is 9.59 Å². The Morgan fingerprint density at radius 3 is 2.29 bits per heavy atom. The van der Waals surface area contributed by atoms with E-state index < -0.39 is 23.3 Å². The fourth-order valence-corrected chi connectivity index (χ4v) is 2.14. The summed E-state index contributed by atoms with van der Waals surface area (Å²) in [5.74, 6) is -1.10. The van der Waals surface area contributed by atoms with E-state index in [1.54, 1.807) is 52.8 Å². The quantitative estimate of drug-likeness (QED) is 0.366. The maximum absolute atomic E-state index is 12.3. The lowest BCUT2D eigenvalue weighted by Crippen LogP contribution is -2.29. The predicted octanol–water partition coefficient (Wildman–Crippen LogP) is 3.09. The lowest BCUT2D eigenvalue weighted by atomic mass is 10.1. The number of methoxy groups -OCH3 is 1. The minimum atomic E-state index is -0.762. The Labute approximate surface area is 141 Å². The zero-order valence-electron chi connectivity index (χ0n) is 14.8. The highest BCUT2D eigenvalue weighted by Crippen LogP contribution is 2.39. The Balaban J connectivity index is 2.34. The van der Waals surface area contributed by atoms with Crippen LogP contribution in [-0.2, 0) is 19.1 Å². The van der Waals surface area contributed by atoms with Gasteiger partial charge in [-0.2, -0.15) is 0 Å². The van der Waals surface area contributed by atoms with Gasteiger partial charge in [0.1, 0.15) is 11.2 Å². The molecule has 0 fully saturated rings. The summed E-state index contributed by atoms with van der Waals surface area (Å²) >= 11 is 0. The number of rotatable bonds is 3. The van der Waals surface area contributed by atoms with Crippen molar-refractivity contribution in [2.45, 2.75) is 46.0 Å². The average molecular weight is 334 g/mol. The molecule has 0 unspecified atom stereocenters. The highest BCUT2D eigenvalue weighted by atomic mass is 16.7. The molecule has 0 saturated carbocycles. The summed E-state index contributed by atoms with van der Waals surface area (Å²) in [6.45, 7) is 8.76. The topological polar surface area (TPSA) is 71.1 Å². The second kappa shape index (κ2) is 6.19. The van der Waals surface area contributed by atoms with E-state index in [1.807, 2.05) is 0 Å². The lowest BCUT2D eigenvalue weighted by Gasteiger charge is -2.20. The predicted molar refractivity (Wildman–Crippen MR) is 87.6 cm³/mol. The van der Waals surface area contributed by atoms with Crippen molar-refractivity contribution in [1.82, 2.24) is 0 Å². The molecule has 0 amide bonds. The Morgan fingerprint density at radius 1 is 1.08 bits per heavy atom. The van der Waals surface area contributed by atoms with Crippen LogP contribution in [0.2, 0.25) is 0 Å². The van der Waals surface area contributed by atoms with Gasteiger partial charge in [0.25, 0.3) is 0 Å². The second-order valence-corrected chi connectivity index (χ2v) is 6.86. The third-order valence-corrected chi connectivity index (χ3v) is 3.01. The first-order chi connectivity index (χ1) is 11.0. The van der Waals surface area contributed by atoms with Crippen molar-refractivity contribution in [2.24, 2.45) is 0 Å². The van der Waals surface area contributed by atoms with Gasteiger partial charge >= 0.3 is 11.9 Å². The first-order valence-corrected chi connectivity index (χ1v) is 7.56. The van der Waals surface area contributed by atoms with Gasteiger partial charge in [-0.15, -0.1) is 0 Å². The van der Waals surface area contributed by atoms with Crippen LogP contribution in [0.15, 0.2) is 23.8 Å². The number of fused-ring (bicyclic) bond motifs is 1. The van der Waals surface area contributed by atoms with E-state index in [-0.39, 0.29) is 5.57 Å². The van der Waals surface area contributed by atoms with Crippen molar-refractivity contribution in [2.75, 3.05) is 7.11 Å². The van der Waals surface area contributed by atoms with Crippen LogP contribution in [0.3, 0.4) is 0 Å². The molecule has 0 N–H and O–H groups in total. The molecule has 1 aliphatic rings. The number of carbonyl (C=O) groups excluding carboxylic acids is 2. The van der Waals surface area contributed by atoms with Gasteiger partial charge in [-0.05, 0) is 44.5 Å². The minimum Gasteiger partial charge on any atom is -0.465 e. The Kier molecular flexibility index (Phi) is 4.60. The molecule has 0 aromatic heterocycles. The van der Waals surface area contributed by atoms with Crippen LogP contribution in [0.5, 0.6) is 11.5 Å². The molecule has 1 aliphatic heterocycles. The van der Waals surface area contributed by atoms with E-state index in [0.29, 0.717) is 17.1 Å². The molecule has 6 heteroatoms. The van der Waals surface area contributed by atoms with Gasteiger partial charge in [0.2, 0.25) is 5.79 Å². The van der Waals surface area contributed by atoms with Crippen LogP contribution >= 0.6 is 0 Å². The molecular formula is C18H22O6. The number of esters is 2. The molecule has 1 aromatic rings. The lowest BCUT2D eigenvalue weighted by molar-refractivity contribution is -0.153. The third kappa shape index (κ3) is 4.28. The molecule has 0 atom stereocenters. The molecule has 1 aromatic carbocycles. The Morgan fingerprint density at radius 2 is 1.71 bits per heavy atom. The van der Waals surface area contributed by atoms with Gasteiger partial charge in [0.15, 0.2) is 11.5 Å². The summed E-state index contributed by atoms with van der Waals surface area (Å²) in [6, 6.07) is 5.13. The van der Waals surface area contributed by atoms with Crippen LogP contribution in [-0.4, -0.2) is 30.4 Å². The average Bonchev–Trinajstić information content (AvgIpc) is 2.74. The molecule has 0 saturated heterocycles. The van der Waals surface area contributed by atoms with Crippen molar-refractivity contribution in [3.8, 4) is 11.5 Å². The van der Waals surface area contributed by atoms with Crippen molar-refractivity contribution in [1.29, 1.82) is 0 Å². The standard InChI is InChI=1S/C18H22O6/c1-17(2,3)24-16(20)12(15(19)21-6)9-11-7-8-13-14(10-11)23-18(4,5)22-13/h7-10H,1-6H3/b12-9-. The third-order valence-electron chi connectivity index (χ3n) is 3.01. The van der Waals surface area contributed by atoms with Crippen molar-refractivity contribution in [3.63, 3.8) is 0 Å². The van der Waals surface area contributed by atoms with Crippen LogP contribution < -0.4 is 9.47 Å². The van der Waals surface area contributed by atoms with Gasteiger partial charge in [0.05, 0.1) is 7.11 Å². The van der Waals surface area contributed by atoms with Gasteiger partial charge in [-0.25, -0.2) is 9.59 Å². The summed E-state index contributed by atoms with van der Waals surface area (Å²) < 4.78 is 21.2. The summed E-state index contributed by atoms with van der Waals surface area (Å²) in [6.07, 6.45) is 1.41. The molecule has 130 valence electrons. The molecule has 0 aliphatic carbocycles. The van der Waals surface area contributed by atoms with Crippen molar-refractivity contribution < 1.29 is 28.5 Å². The smallest absolute Gasteiger partial charge is 0.346 e. The largest absolute Gasteiger partial charge is 0.465 e. The SMILES string of the molecule is COC(=O)/C(=C/c1ccc2c(c1)OC(C)(C)O2)C(=O)OC(C)(C)C. The monoisotopic (exact) mass is 334 g/mol. The van der Waals surface area contributed by atoms with Gasteiger partial charge < -0.3 is 18.9 Å². The van der Waals surface area contributed by atoms with E-state index in [4.69, 9.17) is 14.2 Å². The molecule has 0 radical (unpaired) electrons.